The number of piperidine rings is 1. The number of fused-ring (bicyclic) bond motifs is 2. The van der Waals surface area contributed by atoms with Crippen LogP contribution in [0.2, 0.25) is 0 Å². The van der Waals surface area contributed by atoms with E-state index in [0.29, 0.717) is 102 Å². The Morgan fingerprint density at radius 3 is 2.10 bits per heavy atom. The number of aromatic nitrogens is 4. The lowest BCUT2D eigenvalue weighted by atomic mass is 9.99. The minimum atomic E-state index is -0.985. The van der Waals surface area contributed by atoms with Crippen LogP contribution in [0, 0.1) is 0 Å². The predicted molar refractivity (Wildman–Crippen MR) is 254 cm³/mol. The first kappa shape index (κ1) is 49.7. The lowest BCUT2D eigenvalue weighted by molar-refractivity contribution is -0.136. The molecule has 19 nitrogen and oxygen atoms in total. The number of nitrogens with zero attached hydrogens (tertiary/aromatic N) is 8. The quantitative estimate of drug-likeness (QED) is 0.0748. The van der Waals surface area contributed by atoms with Gasteiger partial charge in [0.1, 0.15) is 23.2 Å². The lowest BCUT2D eigenvalue weighted by Crippen LogP contribution is -2.54. The molecule has 370 valence electrons. The summed E-state index contributed by atoms with van der Waals surface area (Å²) in [6, 6.07) is 10.6. The van der Waals surface area contributed by atoms with Crippen molar-refractivity contribution in [2.75, 3.05) is 118 Å². The Hall–Kier alpha value is -5.70. The second kappa shape index (κ2) is 24.2. The van der Waals surface area contributed by atoms with Gasteiger partial charge < -0.3 is 38.1 Å². The fraction of sp³-hybridized carbons (Fsp3) is 0.560. The Morgan fingerprint density at radius 1 is 0.768 bits per heavy atom. The molecule has 19 heteroatoms. The summed E-state index contributed by atoms with van der Waals surface area (Å²) in [6.45, 7) is 9.39. The average Bonchev–Trinajstić information content (AvgIpc) is 4.08. The third-order valence-electron chi connectivity index (χ3n) is 13.2. The maximum absolute atomic E-state index is 13.3. The summed E-state index contributed by atoms with van der Waals surface area (Å²) >= 11 is 0. The van der Waals surface area contributed by atoms with E-state index >= 15 is 0 Å². The van der Waals surface area contributed by atoms with E-state index in [-0.39, 0.29) is 30.4 Å². The van der Waals surface area contributed by atoms with Gasteiger partial charge in [0.2, 0.25) is 11.8 Å². The van der Waals surface area contributed by atoms with Gasteiger partial charge in [-0.25, -0.2) is 9.97 Å². The number of benzene rings is 1. The standard InChI is InChI=1S/C50H65N9O10/c1-55(2)49(63)42-31-36-33-52-43(53-46(36)58(42)38-9-3-4-10-38)32-37-12-13-39(34-51-37)57-18-16-56(17-19-57)20-22-66-24-26-68-28-30-69-29-27-67-25-23-65-21-6-8-35-7-5-11-40-45(35)50(64)59(48(40)62)41-14-15-44(60)54-47(41)61/h5,7,11-13,31,33-34,38,41H,3-4,6,8-10,14-30,32H2,1-2H3,(H,54,60,61). The lowest BCUT2D eigenvalue weighted by Gasteiger charge is -2.35. The molecule has 3 aromatic heterocycles. The molecule has 8 rings (SSSR count). The number of pyridine rings is 1. The molecule has 1 atom stereocenters. The number of anilines is 1. The number of rotatable bonds is 25. The van der Waals surface area contributed by atoms with E-state index in [9.17, 15) is 24.0 Å². The first-order chi connectivity index (χ1) is 33.7. The number of ether oxygens (including phenoxy) is 5. The van der Waals surface area contributed by atoms with Gasteiger partial charge in [-0.3, -0.25) is 44.1 Å². The fourth-order valence-corrected chi connectivity index (χ4v) is 9.49. The topological polar surface area (TPSA) is 200 Å². The molecular weight excluding hydrogens is 887 g/mol. The van der Waals surface area contributed by atoms with Crippen molar-refractivity contribution >= 4 is 46.3 Å². The highest BCUT2D eigenvalue weighted by Gasteiger charge is 2.45. The van der Waals surface area contributed by atoms with Crippen molar-refractivity contribution in [1.29, 1.82) is 0 Å². The van der Waals surface area contributed by atoms with Crippen molar-refractivity contribution in [2.45, 2.75) is 69.9 Å². The van der Waals surface area contributed by atoms with Gasteiger partial charge in [-0.2, -0.15) is 0 Å². The van der Waals surface area contributed by atoms with E-state index in [1.165, 1.54) is 0 Å². The largest absolute Gasteiger partial charge is 0.379 e. The first-order valence-electron chi connectivity index (χ1n) is 24.4. The van der Waals surface area contributed by atoms with Crippen LogP contribution in [0.15, 0.2) is 48.8 Å². The van der Waals surface area contributed by atoms with E-state index in [2.05, 4.69) is 36.8 Å². The molecule has 3 aliphatic heterocycles. The number of hydrogen-bond donors (Lipinski definition) is 1. The molecule has 1 saturated carbocycles. The van der Waals surface area contributed by atoms with Crippen LogP contribution in [0.4, 0.5) is 5.69 Å². The van der Waals surface area contributed by atoms with Crippen molar-refractivity contribution < 1.29 is 47.7 Å². The Labute approximate surface area is 402 Å². The first-order valence-corrected chi connectivity index (χ1v) is 24.4. The highest BCUT2D eigenvalue weighted by Crippen LogP contribution is 2.35. The molecule has 6 heterocycles. The van der Waals surface area contributed by atoms with Crippen molar-refractivity contribution in [2.24, 2.45) is 0 Å². The third kappa shape index (κ3) is 12.6. The number of nitrogens with one attached hydrogen (secondary N) is 1. The van der Waals surface area contributed by atoms with E-state index in [0.717, 1.165) is 91.3 Å². The molecule has 0 bridgehead atoms. The molecule has 0 spiro atoms. The number of carbonyl (C=O) groups is 5. The monoisotopic (exact) mass is 951 g/mol. The SMILES string of the molecule is CN(C)C(=O)c1cc2cnc(Cc3ccc(N4CCN(CCOCCOCCOCCOCCOCCCc5cccc6c5C(=O)N(C5CCC(=O)NC5=O)C6=O)CC4)cn3)nc2n1C1CCCC1. The van der Waals surface area contributed by atoms with Gasteiger partial charge in [-0.05, 0) is 61.9 Å². The summed E-state index contributed by atoms with van der Waals surface area (Å²) < 4.78 is 30.6. The molecular formula is C50H65N9O10. The fourth-order valence-electron chi connectivity index (χ4n) is 9.49. The van der Waals surface area contributed by atoms with Gasteiger partial charge in [0.15, 0.2) is 0 Å². The summed E-state index contributed by atoms with van der Waals surface area (Å²) in [5.74, 6) is -1.34. The molecule has 2 saturated heterocycles. The number of aryl methyl sites for hydroxylation is 1. The molecule has 1 unspecified atom stereocenters. The highest BCUT2D eigenvalue weighted by atomic mass is 16.6. The van der Waals surface area contributed by atoms with Crippen LogP contribution in [0.3, 0.4) is 0 Å². The number of amides is 5. The van der Waals surface area contributed by atoms with Crippen molar-refractivity contribution in [3.8, 4) is 0 Å². The highest BCUT2D eigenvalue weighted by molar-refractivity contribution is 6.24. The zero-order valence-electron chi connectivity index (χ0n) is 39.9. The maximum atomic E-state index is 13.3. The Balaban J connectivity index is 0.617. The van der Waals surface area contributed by atoms with Crippen molar-refractivity contribution in [3.63, 3.8) is 0 Å². The average molecular weight is 952 g/mol. The minimum Gasteiger partial charge on any atom is -0.379 e. The smallest absolute Gasteiger partial charge is 0.270 e. The van der Waals surface area contributed by atoms with Gasteiger partial charge in [0, 0.05) is 83.2 Å². The predicted octanol–water partition coefficient (Wildman–Crippen LogP) is 3.47. The number of imide groups is 2. The molecule has 1 N–H and O–H groups in total. The van der Waals surface area contributed by atoms with Crippen LogP contribution in [-0.2, 0) is 46.1 Å². The van der Waals surface area contributed by atoms with Crippen LogP contribution in [0.5, 0.6) is 0 Å². The van der Waals surface area contributed by atoms with Gasteiger partial charge in [0.05, 0.1) is 88.9 Å². The molecule has 0 radical (unpaired) electrons. The second-order valence-electron chi connectivity index (χ2n) is 18.1. The summed E-state index contributed by atoms with van der Waals surface area (Å²) in [4.78, 5) is 85.1. The molecule has 3 fully saturated rings. The van der Waals surface area contributed by atoms with Gasteiger partial charge >= 0.3 is 0 Å². The summed E-state index contributed by atoms with van der Waals surface area (Å²) in [7, 11) is 3.58. The van der Waals surface area contributed by atoms with E-state index < -0.39 is 29.7 Å². The normalized spacial score (nSPS) is 17.9. The van der Waals surface area contributed by atoms with E-state index in [4.69, 9.17) is 33.7 Å². The Kier molecular flexibility index (Phi) is 17.5. The van der Waals surface area contributed by atoms with Gasteiger partial charge in [-0.1, -0.05) is 25.0 Å². The van der Waals surface area contributed by atoms with Gasteiger partial charge in [-0.15, -0.1) is 0 Å². The minimum absolute atomic E-state index is 0.0108. The molecule has 1 aromatic carbocycles. The van der Waals surface area contributed by atoms with Gasteiger partial charge in [0.25, 0.3) is 17.7 Å². The number of carbonyl (C=O) groups excluding carboxylic acids is 5. The van der Waals surface area contributed by atoms with E-state index in [1.807, 2.05) is 24.5 Å². The van der Waals surface area contributed by atoms with Crippen molar-refractivity contribution in [1.82, 2.24) is 39.5 Å². The molecule has 1 aliphatic carbocycles. The van der Waals surface area contributed by atoms with Crippen LogP contribution in [0.1, 0.15) is 99.3 Å². The molecule has 4 aliphatic rings. The van der Waals surface area contributed by atoms with Crippen LogP contribution in [-0.4, -0.2) is 183 Å². The van der Waals surface area contributed by atoms with Crippen LogP contribution >= 0.6 is 0 Å². The van der Waals surface area contributed by atoms with Crippen molar-refractivity contribution in [3.05, 3.63) is 82.7 Å². The van der Waals surface area contributed by atoms with Crippen LogP contribution < -0.4 is 10.2 Å². The summed E-state index contributed by atoms with van der Waals surface area (Å²) in [5, 5.41) is 3.12. The number of hydrogen-bond acceptors (Lipinski definition) is 15. The maximum Gasteiger partial charge on any atom is 0.270 e. The van der Waals surface area contributed by atoms with Crippen LogP contribution in [0.25, 0.3) is 11.0 Å². The number of piperazine rings is 1. The van der Waals surface area contributed by atoms with E-state index in [1.54, 1.807) is 31.1 Å². The Morgan fingerprint density at radius 2 is 1.45 bits per heavy atom. The summed E-state index contributed by atoms with van der Waals surface area (Å²) in [6.07, 6.45) is 10.1. The third-order valence-corrected chi connectivity index (χ3v) is 13.2. The zero-order valence-corrected chi connectivity index (χ0v) is 39.9. The molecule has 69 heavy (non-hydrogen) atoms. The summed E-state index contributed by atoms with van der Waals surface area (Å²) in [5.41, 5.74) is 4.87. The zero-order chi connectivity index (χ0) is 48.1. The second-order valence-corrected chi connectivity index (χ2v) is 18.1. The Bertz CT molecular complexity index is 2410. The molecule has 5 amide bonds. The molecule has 4 aromatic rings.